The van der Waals surface area contributed by atoms with Gasteiger partial charge in [0.05, 0.1) is 0 Å². The molecule has 62 heavy (non-hydrogen) atoms. The first kappa shape index (κ1) is 37.3. The molecule has 3 nitrogen and oxygen atoms in total. The van der Waals surface area contributed by atoms with Crippen molar-refractivity contribution in [1.29, 1.82) is 0 Å². The molecule has 2 unspecified atom stereocenters. The van der Waals surface area contributed by atoms with E-state index in [1.54, 1.807) is 0 Å². The van der Waals surface area contributed by atoms with E-state index in [4.69, 9.17) is 9.73 Å². The van der Waals surface area contributed by atoms with E-state index in [1.807, 2.05) is 18.2 Å². The molecule has 11 rings (SSSR count). The van der Waals surface area contributed by atoms with E-state index in [0.717, 1.165) is 29.8 Å². The minimum absolute atomic E-state index is 0.0397. The molecule has 2 atom stereocenters. The first-order valence-electron chi connectivity index (χ1n) is 21.6. The lowest BCUT2D eigenvalue weighted by Gasteiger charge is -2.29. The largest absolute Gasteiger partial charge is 0.467 e. The monoisotopic (exact) mass is 796 g/mol. The third-order valence-electron chi connectivity index (χ3n) is 12.2. The number of nitrogens with zero attached hydrogens (tertiary/aromatic N) is 2. The Morgan fingerprint density at radius 3 is 1.56 bits per heavy atom. The molecule has 3 aliphatic rings. The molecule has 0 saturated carbocycles. The first-order chi connectivity index (χ1) is 30.7. The average Bonchev–Trinajstić information content (AvgIpc) is 3.81. The molecule has 0 N–H and O–H groups in total. The Kier molecular flexibility index (Phi) is 9.84. The number of anilines is 2. The lowest BCUT2D eigenvalue weighted by Crippen LogP contribution is -2.17. The number of allylic oxidation sites excluding steroid dienone is 3. The van der Waals surface area contributed by atoms with Crippen LogP contribution in [0.4, 0.5) is 11.4 Å². The molecule has 296 valence electrons. The summed E-state index contributed by atoms with van der Waals surface area (Å²) in [5.74, 6) is 0.714. The highest BCUT2D eigenvalue weighted by atomic mass is 16.5. The fourth-order valence-electron chi connectivity index (χ4n) is 8.99. The van der Waals surface area contributed by atoms with Crippen LogP contribution < -0.4 is 4.90 Å². The van der Waals surface area contributed by atoms with Gasteiger partial charge in [-0.1, -0.05) is 164 Å². The molecule has 0 spiro atoms. The van der Waals surface area contributed by atoms with E-state index in [0.29, 0.717) is 5.90 Å². The second-order valence-corrected chi connectivity index (χ2v) is 16.2. The summed E-state index contributed by atoms with van der Waals surface area (Å²) < 4.78 is 6.29. The minimum Gasteiger partial charge on any atom is -0.467 e. The van der Waals surface area contributed by atoms with Crippen molar-refractivity contribution < 1.29 is 4.74 Å². The number of aliphatic imine (C=N–C) groups is 1. The Bertz CT molecular complexity index is 3020. The van der Waals surface area contributed by atoms with Crippen LogP contribution in [0.1, 0.15) is 35.6 Å². The van der Waals surface area contributed by atoms with Crippen LogP contribution in [0, 0.1) is 0 Å². The SMILES string of the molecule is C1=CC(N(c2ccc(-c3cccc(-c4ccccc4)c3)cc2)c2cc(-c3ccccc3)cc(-c3ccc(-c4ccc5c(c4)C=CC4OC(c6ccccc6)=NC54)cc3)c2)=CCC1. The van der Waals surface area contributed by atoms with E-state index < -0.39 is 0 Å². The van der Waals surface area contributed by atoms with E-state index >= 15 is 0 Å². The maximum Gasteiger partial charge on any atom is 0.217 e. The molecule has 0 fully saturated rings. The van der Waals surface area contributed by atoms with Crippen LogP contribution in [0.15, 0.2) is 235 Å². The molecule has 8 aromatic rings. The Hall–Kier alpha value is -7.75. The molecule has 8 aromatic carbocycles. The summed E-state index contributed by atoms with van der Waals surface area (Å²) in [6, 6.07) is 72.1. The number of ether oxygens (including phenoxy) is 1. The standard InChI is InChI=1S/C59H44N2O/c1-5-14-41(15-6-1)47-20-13-21-48(36-47)44-28-32-54(33-29-44)61(53-22-11-4-12-23-53)55-39-51(42-16-7-2-8-17-42)38-52(40-55)45-26-24-43(25-27-45)49-30-34-56-50(37-49)31-35-57-58(56)60-59(62-57)46-18-9-3-10-19-46/h1-3,5-11,13-40,57-58H,4,12H2. The summed E-state index contributed by atoms with van der Waals surface area (Å²) in [6.45, 7) is 0. The Labute approximate surface area is 364 Å². The van der Waals surface area contributed by atoms with Crippen molar-refractivity contribution in [3.8, 4) is 55.6 Å². The van der Waals surface area contributed by atoms with Crippen LogP contribution >= 0.6 is 0 Å². The zero-order valence-corrected chi connectivity index (χ0v) is 34.3. The van der Waals surface area contributed by atoms with Gasteiger partial charge in [-0.05, 0) is 146 Å². The van der Waals surface area contributed by atoms with Crippen molar-refractivity contribution in [2.24, 2.45) is 4.99 Å². The van der Waals surface area contributed by atoms with Gasteiger partial charge in [-0.25, -0.2) is 4.99 Å². The quantitative estimate of drug-likeness (QED) is 0.145. The van der Waals surface area contributed by atoms with Gasteiger partial charge in [0, 0.05) is 22.6 Å². The van der Waals surface area contributed by atoms with Gasteiger partial charge in [0.25, 0.3) is 0 Å². The van der Waals surface area contributed by atoms with Crippen LogP contribution in [-0.2, 0) is 4.74 Å². The van der Waals surface area contributed by atoms with E-state index in [9.17, 15) is 0 Å². The fourth-order valence-corrected chi connectivity index (χ4v) is 8.99. The van der Waals surface area contributed by atoms with Gasteiger partial charge in [-0.2, -0.15) is 0 Å². The number of rotatable bonds is 9. The maximum atomic E-state index is 6.29. The van der Waals surface area contributed by atoms with Crippen LogP contribution in [0.25, 0.3) is 61.7 Å². The molecular weight excluding hydrogens is 753 g/mol. The van der Waals surface area contributed by atoms with Gasteiger partial charge in [-0.15, -0.1) is 0 Å². The van der Waals surface area contributed by atoms with Gasteiger partial charge >= 0.3 is 0 Å². The number of benzene rings is 8. The molecule has 3 heteroatoms. The third kappa shape index (κ3) is 7.39. The molecular formula is C59H44N2O. The molecule has 0 aromatic heterocycles. The lowest BCUT2D eigenvalue weighted by atomic mass is 9.88. The summed E-state index contributed by atoms with van der Waals surface area (Å²) >= 11 is 0. The van der Waals surface area contributed by atoms with E-state index in [2.05, 4.69) is 217 Å². The van der Waals surface area contributed by atoms with Gasteiger partial charge in [-0.3, -0.25) is 0 Å². The second-order valence-electron chi connectivity index (χ2n) is 16.2. The highest BCUT2D eigenvalue weighted by molar-refractivity contribution is 5.96. The molecule has 0 bridgehead atoms. The molecule has 0 saturated heterocycles. The minimum atomic E-state index is -0.0805. The first-order valence-corrected chi connectivity index (χ1v) is 21.6. The fraction of sp³-hybridized carbons (Fsp3) is 0.0678. The van der Waals surface area contributed by atoms with Gasteiger partial charge in [0.1, 0.15) is 12.1 Å². The maximum absolute atomic E-state index is 6.29. The Morgan fingerprint density at radius 1 is 0.419 bits per heavy atom. The van der Waals surface area contributed by atoms with Crippen LogP contribution in [0.2, 0.25) is 0 Å². The van der Waals surface area contributed by atoms with E-state index in [1.165, 1.54) is 72.5 Å². The molecule has 0 amide bonds. The average molecular weight is 797 g/mol. The normalized spacial score (nSPS) is 16.1. The number of fused-ring (bicyclic) bond motifs is 3. The van der Waals surface area contributed by atoms with Crippen molar-refractivity contribution in [2.45, 2.75) is 25.0 Å². The summed E-state index contributed by atoms with van der Waals surface area (Å²) in [7, 11) is 0. The van der Waals surface area contributed by atoms with Crippen LogP contribution in [0.5, 0.6) is 0 Å². The summed E-state index contributed by atoms with van der Waals surface area (Å²) in [6.07, 6.45) is 13.2. The number of hydrogen-bond donors (Lipinski definition) is 0. The number of hydrogen-bond acceptors (Lipinski definition) is 3. The van der Waals surface area contributed by atoms with Crippen molar-refractivity contribution in [3.05, 3.63) is 247 Å². The van der Waals surface area contributed by atoms with Gasteiger partial charge in [0.15, 0.2) is 0 Å². The molecule has 1 aliphatic heterocycles. The highest BCUT2D eigenvalue weighted by Gasteiger charge is 2.34. The van der Waals surface area contributed by atoms with Crippen molar-refractivity contribution >= 4 is 23.3 Å². The second kappa shape index (κ2) is 16.4. The molecule has 0 radical (unpaired) electrons. The van der Waals surface area contributed by atoms with E-state index in [-0.39, 0.29) is 12.1 Å². The summed E-state index contributed by atoms with van der Waals surface area (Å²) in [4.78, 5) is 7.44. The van der Waals surface area contributed by atoms with Crippen LogP contribution in [0.3, 0.4) is 0 Å². The Morgan fingerprint density at radius 2 is 0.935 bits per heavy atom. The van der Waals surface area contributed by atoms with Crippen molar-refractivity contribution in [1.82, 2.24) is 0 Å². The van der Waals surface area contributed by atoms with Gasteiger partial charge in [0.2, 0.25) is 5.90 Å². The third-order valence-corrected chi connectivity index (χ3v) is 12.2. The zero-order chi connectivity index (χ0) is 41.2. The van der Waals surface area contributed by atoms with Crippen molar-refractivity contribution in [3.63, 3.8) is 0 Å². The molecule has 1 heterocycles. The van der Waals surface area contributed by atoms with Gasteiger partial charge < -0.3 is 9.64 Å². The smallest absolute Gasteiger partial charge is 0.217 e. The predicted octanol–water partition coefficient (Wildman–Crippen LogP) is 15.3. The van der Waals surface area contributed by atoms with Crippen LogP contribution in [-0.4, -0.2) is 12.0 Å². The predicted molar refractivity (Wildman–Crippen MR) is 258 cm³/mol. The molecule has 2 aliphatic carbocycles. The summed E-state index contributed by atoms with van der Waals surface area (Å²) in [5, 5.41) is 0. The zero-order valence-electron chi connectivity index (χ0n) is 34.3. The lowest BCUT2D eigenvalue weighted by molar-refractivity contribution is 0.242. The topological polar surface area (TPSA) is 24.8 Å². The Balaban J connectivity index is 0.928. The highest BCUT2D eigenvalue weighted by Crippen LogP contribution is 2.42. The summed E-state index contributed by atoms with van der Waals surface area (Å²) in [5.41, 5.74) is 18.7. The van der Waals surface area contributed by atoms with Crippen molar-refractivity contribution in [2.75, 3.05) is 4.90 Å².